The maximum absolute atomic E-state index is 11.5. The third-order valence-electron chi connectivity index (χ3n) is 4.00. The predicted octanol–water partition coefficient (Wildman–Crippen LogP) is 1.66. The lowest BCUT2D eigenvalue weighted by Gasteiger charge is -2.24. The van der Waals surface area contributed by atoms with Crippen molar-refractivity contribution >= 4 is 5.97 Å². The largest absolute Gasteiger partial charge is 0.464 e. The molecule has 21 heavy (non-hydrogen) atoms. The van der Waals surface area contributed by atoms with Gasteiger partial charge in [0.2, 0.25) is 0 Å². The van der Waals surface area contributed by atoms with Gasteiger partial charge in [-0.15, -0.1) is 0 Å². The summed E-state index contributed by atoms with van der Waals surface area (Å²) < 4.78 is 6.84. The number of ether oxygens (including phenoxy) is 1. The quantitative estimate of drug-likeness (QED) is 0.850. The van der Waals surface area contributed by atoms with Gasteiger partial charge in [-0.2, -0.15) is 0 Å². The molecule has 1 N–H and O–H groups in total. The summed E-state index contributed by atoms with van der Waals surface area (Å²) in [6, 6.07) is 4.25. The first-order valence-corrected chi connectivity index (χ1v) is 7.22. The lowest BCUT2D eigenvalue weighted by molar-refractivity contribution is 0.0594. The summed E-state index contributed by atoms with van der Waals surface area (Å²) in [6.07, 6.45) is 8.08. The van der Waals surface area contributed by atoms with Crippen LogP contribution in [0, 0.1) is 0 Å². The van der Waals surface area contributed by atoms with E-state index in [1.807, 2.05) is 24.8 Å². The minimum Gasteiger partial charge on any atom is -0.464 e. The summed E-state index contributed by atoms with van der Waals surface area (Å²) in [5, 5.41) is 0. The van der Waals surface area contributed by atoms with Gasteiger partial charge in [0, 0.05) is 37.2 Å². The number of aromatic nitrogens is 3. The van der Waals surface area contributed by atoms with Crippen molar-refractivity contribution in [1.29, 1.82) is 0 Å². The van der Waals surface area contributed by atoms with Gasteiger partial charge < -0.3 is 14.3 Å². The second-order valence-corrected chi connectivity index (χ2v) is 5.41. The van der Waals surface area contributed by atoms with Gasteiger partial charge in [0.05, 0.1) is 13.4 Å². The number of nitrogens with one attached hydrogen (secondary N) is 1. The molecular formula is C15H20N4O2. The molecule has 3 heterocycles. The lowest BCUT2D eigenvalue weighted by Crippen LogP contribution is -2.32. The van der Waals surface area contributed by atoms with Crippen LogP contribution >= 0.6 is 0 Å². The van der Waals surface area contributed by atoms with Crippen LogP contribution < -0.4 is 0 Å². The molecule has 0 saturated carbocycles. The maximum Gasteiger partial charge on any atom is 0.354 e. The third-order valence-corrected chi connectivity index (χ3v) is 4.00. The minimum atomic E-state index is -0.322. The molecule has 0 bridgehead atoms. The van der Waals surface area contributed by atoms with Gasteiger partial charge in [-0.1, -0.05) is 0 Å². The molecule has 0 aliphatic carbocycles. The molecule has 6 nitrogen and oxygen atoms in total. The van der Waals surface area contributed by atoms with Crippen molar-refractivity contribution in [3.8, 4) is 0 Å². The highest BCUT2D eigenvalue weighted by Crippen LogP contribution is 2.21. The van der Waals surface area contributed by atoms with Crippen molar-refractivity contribution in [1.82, 2.24) is 19.4 Å². The number of hydrogen-bond donors (Lipinski definition) is 1. The summed E-state index contributed by atoms with van der Waals surface area (Å²) >= 11 is 0. The number of imidazole rings is 1. The molecule has 0 aromatic carbocycles. The van der Waals surface area contributed by atoms with Crippen LogP contribution in [0.4, 0.5) is 0 Å². The second-order valence-electron chi connectivity index (χ2n) is 5.41. The van der Waals surface area contributed by atoms with Gasteiger partial charge in [0.1, 0.15) is 5.69 Å². The van der Waals surface area contributed by atoms with Crippen molar-refractivity contribution < 1.29 is 9.53 Å². The fraction of sp³-hybridized carbons (Fsp3) is 0.467. The van der Waals surface area contributed by atoms with E-state index in [1.165, 1.54) is 20.0 Å². The number of hydrogen-bond acceptors (Lipinski definition) is 4. The number of likely N-dealkylation sites (tertiary alicyclic amines) is 1. The Morgan fingerprint density at radius 3 is 3.19 bits per heavy atom. The highest BCUT2D eigenvalue weighted by Gasteiger charge is 2.25. The number of H-pyrrole nitrogens is 1. The zero-order valence-electron chi connectivity index (χ0n) is 12.2. The zero-order chi connectivity index (χ0) is 14.7. The molecule has 6 heteroatoms. The number of methoxy groups -OCH3 is 1. The van der Waals surface area contributed by atoms with Gasteiger partial charge in [0.25, 0.3) is 0 Å². The monoisotopic (exact) mass is 288 g/mol. The first kappa shape index (κ1) is 13.9. The van der Waals surface area contributed by atoms with Crippen LogP contribution in [0.1, 0.15) is 29.0 Å². The Kier molecular flexibility index (Phi) is 4.06. The van der Waals surface area contributed by atoms with E-state index in [9.17, 15) is 4.79 Å². The second kappa shape index (κ2) is 6.13. The Morgan fingerprint density at radius 1 is 1.52 bits per heavy atom. The van der Waals surface area contributed by atoms with Crippen molar-refractivity contribution in [3.05, 3.63) is 42.2 Å². The average Bonchev–Trinajstić information content (AvgIpc) is 3.22. The molecule has 0 amide bonds. The molecule has 1 aliphatic heterocycles. The smallest absolute Gasteiger partial charge is 0.354 e. The number of esters is 1. The predicted molar refractivity (Wildman–Crippen MR) is 77.8 cm³/mol. The lowest BCUT2D eigenvalue weighted by atomic mass is 10.2. The van der Waals surface area contributed by atoms with Crippen LogP contribution in [-0.2, 0) is 17.8 Å². The van der Waals surface area contributed by atoms with E-state index in [-0.39, 0.29) is 5.97 Å². The molecule has 2 aromatic heterocycles. The fourth-order valence-corrected chi connectivity index (χ4v) is 2.93. The van der Waals surface area contributed by atoms with Crippen LogP contribution in [0.15, 0.2) is 30.9 Å². The molecule has 0 spiro atoms. The van der Waals surface area contributed by atoms with E-state index in [0.29, 0.717) is 11.7 Å². The van der Waals surface area contributed by atoms with E-state index in [2.05, 4.69) is 19.4 Å². The van der Waals surface area contributed by atoms with Crippen molar-refractivity contribution in [2.45, 2.75) is 32.0 Å². The maximum atomic E-state index is 11.5. The summed E-state index contributed by atoms with van der Waals surface area (Å²) in [6.45, 7) is 2.88. The van der Waals surface area contributed by atoms with E-state index in [1.54, 1.807) is 6.07 Å². The molecule has 1 aliphatic rings. The van der Waals surface area contributed by atoms with Gasteiger partial charge in [0.15, 0.2) is 0 Å². The third kappa shape index (κ3) is 3.16. The van der Waals surface area contributed by atoms with Crippen molar-refractivity contribution in [2.75, 3.05) is 13.7 Å². The molecule has 1 fully saturated rings. The van der Waals surface area contributed by atoms with Crippen molar-refractivity contribution in [2.24, 2.45) is 0 Å². The fourth-order valence-electron chi connectivity index (χ4n) is 2.93. The molecule has 112 valence electrons. The summed E-state index contributed by atoms with van der Waals surface area (Å²) in [4.78, 5) is 21.1. The molecular weight excluding hydrogens is 268 g/mol. The number of carbonyl (C=O) groups is 1. The van der Waals surface area contributed by atoms with Gasteiger partial charge >= 0.3 is 5.97 Å². The Hall–Kier alpha value is -2.08. The Bertz CT molecular complexity index is 591. The molecule has 1 atom stereocenters. The highest BCUT2D eigenvalue weighted by molar-refractivity contribution is 5.87. The normalized spacial score (nSPS) is 19.0. The standard InChI is InChI=1S/C15H20N4O2/c1-21-15(20)14-5-4-12(17-14)9-19-7-2-3-13(19)10-18-8-6-16-11-18/h4-6,8,11,13,17H,2-3,7,9-10H2,1H3/t13-/m0/s1. The first-order valence-electron chi connectivity index (χ1n) is 7.22. The van der Waals surface area contributed by atoms with Crippen LogP contribution in [0.5, 0.6) is 0 Å². The molecule has 0 unspecified atom stereocenters. The zero-order valence-corrected chi connectivity index (χ0v) is 12.2. The number of rotatable bonds is 5. The molecule has 3 rings (SSSR count). The Morgan fingerprint density at radius 2 is 2.43 bits per heavy atom. The van der Waals surface area contributed by atoms with Crippen LogP contribution in [0.3, 0.4) is 0 Å². The molecule has 2 aromatic rings. The minimum absolute atomic E-state index is 0.322. The van der Waals surface area contributed by atoms with Gasteiger partial charge in [-0.3, -0.25) is 4.90 Å². The topological polar surface area (TPSA) is 63.1 Å². The number of aromatic amines is 1. The van der Waals surface area contributed by atoms with E-state index in [0.717, 1.165) is 25.3 Å². The Labute approximate surface area is 123 Å². The van der Waals surface area contributed by atoms with Crippen LogP contribution in [-0.4, -0.2) is 45.1 Å². The SMILES string of the molecule is COC(=O)c1ccc(CN2CCC[C@H]2Cn2ccnc2)[nH]1. The van der Waals surface area contributed by atoms with E-state index in [4.69, 9.17) is 4.74 Å². The average molecular weight is 288 g/mol. The number of carbonyl (C=O) groups excluding carboxylic acids is 1. The molecule has 0 radical (unpaired) electrons. The Balaban J connectivity index is 1.63. The molecule has 1 saturated heterocycles. The van der Waals surface area contributed by atoms with E-state index >= 15 is 0 Å². The summed E-state index contributed by atoms with van der Waals surface area (Å²) in [5.74, 6) is -0.322. The number of nitrogens with zero attached hydrogens (tertiary/aromatic N) is 3. The van der Waals surface area contributed by atoms with Crippen LogP contribution in [0.25, 0.3) is 0 Å². The highest BCUT2D eigenvalue weighted by atomic mass is 16.5. The van der Waals surface area contributed by atoms with Crippen LogP contribution in [0.2, 0.25) is 0 Å². The van der Waals surface area contributed by atoms with Gasteiger partial charge in [-0.25, -0.2) is 9.78 Å². The first-order chi connectivity index (χ1) is 10.3. The summed E-state index contributed by atoms with van der Waals surface area (Å²) in [5.41, 5.74) is 1.56. The van der Waals surface area contributed by atoms with Crippen molar-refractivity contribution in [3.63, 3.8) is 0 Å². The summed E-state index contributed by atoms with van der Waals surface area (Å²) in [7, 11) is 1.39. The van der Waals surface area contributed by atoms with E-state index < -0.39 is 0 Å². The van der Waals surface area contributed by atoms with Gasteiger partial charge in [-0.05, 0) is 31.5 Å².